The zero-order valence-electron chi connectivity index (χ0n) is 16.6. The van der Waals surface area contributed by atoms with Gasteiger partial charge in [0.2, 0.25) is 0 Å². The molecule has 0 spiro atoms. The lowest BCUT2D eigenvalue weighted by Crippen LogP contribution is -2.02. The van der Waals surface area contributed by atoms with E-state index < -0.39 is 0 Å². The number of nitriles is 1. The molecule has 0 aliphatic carbocycles. The molecule has 0 radical (unpaired) electrons. The highest BCUT2D eigenvalue weighted by molar-refractivity contribution is 6.04. The molecule has 9 heteroatoms. The summed E-state index contributed by atoms with van der Waals surface area (Å²) in [4.78, 5) is 13.1. The van der Waals surface area contributed by atoms with Crippen LogP contribution < -0.4 is 5.73 Å². The van der Waals surface area contributed by atoms with Gasteiger partial charge in [-0.15, -0.1) is 0 Å². The van der Waals surface area contributed by atoms with E-state index in [2.05, 4.69) is 26.1 Å². The molecule has 0 saturated carbocycles. The Morgan fingerprint density at radius 2 is 2.00 bits per heavy atom. The summed E-state index contributed by atoms with van der Waals surface area (Å²) in [5, 5.41) is 19.6. The van der Waals surface area contributed by atoms with Crippen LogP contribution >= 0.6 is 0 Å². The molecule has 0 atom stereocenters. The molecule has 4 heterocycles. The molecular formula is C22H17N9. The molecule has 0 saturated heterocycles. The average Bonchev–Trinajstić information content (AvgIpc) is 3.40. The first-order valence-electron chi connectivity index (χ1n) is 9.55. The van der Waals surface area contributed by atoms with Crippen molar-refractivity contribution in [3.63, 3.8) is 0 Å². The minimum absolute atomic E-state index is 0.336. The minimum atomic E-state index is 0.336. The van der Waals surface area contributed by atoms with E-state index >= 15 is 0 Å². The lowest BCUT2D eigenvalue weighted by atomic mass is 9.97. The molecule has 1 aromatic carbocycles. The fourth-order valence-electron chi connectivity index (χ4n) is 3.60. The number of pyridine rings is 1. The highest BCUT2D eigenvalue weighted by Gasteiger charge is 2.21. The molecule has 0 aliphatic rings. The fourth-order valence-corrected chi connectivity index (χ4v) is 3.60. The Kier molecular flexibility index (Phi) is 4.37. The number of benzene rings is 1. The van der Waals surface area contributed by atoms with E-state index in [4.69, 9.17) is 10.8 Å². The lowest BCUT2D eigenvalue weighted by molar-refractivity contribution is 0.656. The molecule has 4 aromatic heterocycles. The molecule has 0 bridgehead atoms. The zero-order valence-corrected chi connectivity index (χ0v) is 16.6. The van der Waals surface area contributed by atoms with E-state index in [-0.39, 0.29) is 0 Å². The topological polar surface area (TPSA) is 124 Å². The number of hydrogen-bond acceptors (Lipinski definition) is 7. The molecule has 0 amide bonds. The van der Waals surface area contributed by atoms with Crippen molar-refractivity contribution in [1.82, 2.24) is 34.5 Å². The number of aryl methyl sites for hydroxylation is 1. The number of nitrogen functional groups attached to an aromatic ring is 1. The van der Waals surface area contributed by atoms with Gasteiger partial charge >= 0.3 is 0 Å². The fraction of sp³-hybridized carbons (Fsp3) is 0.0909. The summed E-state index contributed by atoms with van der Waals surface area (Å²) in [6.45, 7) is 0.488. The number of hydrogen-bond donors (Lipinski definition) is 1. The molecule has 5 rings (SSSR count). The van der Waals surface area contributed by atoms with Gasteiger partial charge < -0.3 is 5.73 Å². The highest BCUT2D eigenvalue weighted by Crippen LogP contribution is 2.38. The molecule has 5 aromatic rings. The summed E-state index contributed by atoms with van der Waals surface area (Å²) < 4.78 is 3.54. The van der Waals surface area contributed by atoms with Gasteiger partial charge in [0.15, 0.2) is 0 Å². The Balaban J connectivity index is 1.78. The van der Waals surface area contributed by atoms with Crippen molar-refractivity contribution in [3.05, 3.63) is 72.6 Å². The molecule has 0 aliphatic heterocycles. The van der Waals surface area contributed by atoms with Crippen LogP contribution in [0.3, 0.4) is 0 Å². The van der Waals surface area contributed by atoms with E-state index in [0.717, 1.165) is 5.69 Å². The van der Waals surface area contributed by atoms with E-state index in [1.807, 2.05) is 43.7 Å². The molecule has 0 unspecified atom stereocenters. The van der Waals surface area contributed by atoms with Crippen molar-refractivity contribution in [3.8, 4) is 28.6 Å². The minimum Gasteiger partial charge on any atom is -0.383 e. The first-order valence-corrected chi connectivity index (χ1v) is 9.55. The Labute approximate surface area is 177 Å². The maximum atomic E-state index is 9.63. The van der Waals surface area contributed by atoms with Crippen LogP contribution in [0.5, 0.6) is 0 Å². The van der Waals surface area contributed by atoms with Gasteiger partial charge in [0.25, 0.3) is 0 Å². The second-order valence-corrected chi connectivity index (χ2v) is 7.04. The van der Waals surface area contributed by atoms with Crippen molar-refractivity contribution in [1.29, 1.82) is 5.26 Å². The van der Waals surface area contributed by atoms with Crippen LogP contribution in [0, 0.1) is 11.3 Å². The monoisotopic (exact) mass is 407 g/mol. The van der Waals surface area contributed by atoms with Crippen molar-refractivity contribution >= 4 is 16.7 Å². The van der Waals surface area contributed by atoms with Crippen molar-refractivity contribution in [2.75, 3.05) is 5.73 Å². The molecule has 2 N–H and O–H groups in total. The van der Waals surface area contributed by atoms with Crippen LogP contribution in [0.15, 0.2) is 61.3 Å². The van der Waals surface area contributed by atoms with Gasteiger partial charge in [0.05, 0.1) is 46.2 Å². The molecule has 150 valence electrons. The van der Waals surface area contributed by atoms with Gasteiger partial charge in [-0.05, 0) is 18.2 Å². The maximum absolute atomic E-state index is 9.63. The van der Waals surface area contributed by atoms with E-state index in [1.54, 1.807) is 27.7 Å². The van der Waals surface area contributed by atoms with Gasteiger partial charge in [-0.1, -0.05) is 18.2 Å². The first-order chi connectivity index (χ1) is 15.1. The molecule has 9 nitrogen and oxygen atoms in total. The van der Waals surface area contributed by atoms with E-state index in [1.165, 1.54) is 6.33 Å². The summed E-state index contributed by atoms with van der Waals surface area (Å²) >= 11 is 0. The van der Waals surface area contributed by atoms with E-state index in [0.29, 0.717) is 51.3 Å². The predicted molar refractivity (Wildman–Crippen MR) is 115 cm³/mol. The SMILES string of the molecule is Cn1ccc(Cn2cc3c(N)nc(-c4ccccc4C#N)c(-c4ccncn4)c3n2)n1. The number of nitrogens with two attached hydrogens (primary N) is 1. The molecule has 0 fully saturated rings. The van der Waals surface area contributed by atoms with Gasteiger partial charge in [-0.2, -0.15) is 15.5 Å². The Bertz CT molecular complexity index is 1440. The summed E-state index contributed by atoms with van der Waals surface area (Å²) in [7, 11) is 1.87. The summed E-state index contributed by atoms with van der Waals surface area (Å²) in [5.74, 6) is 0.336. The largest absolute Gasteiger partial charge is 0.383 e. The quantitative estimate of drug-likeness (QED) is 0.486. The van der Waals surface area contributed by atoms with Crippen LogP contribution in [0.25, 0.3) is 33.4 Å². The van der Waals surface area contributed by atoms with Crippen LogP contribution in [0.4, 0.5) is 5.82 Å². The van der Waals surface area contributed by atoms with Gasteiger partial charge in [-0.3, -0.25) is 9.36 Å². The van der Waals surface area contributed by atoms with Crippen molar-refractivity contribution < 1.29 is 0 Å². The predicted octanol–water partition coefficient (Wildman–Crippen LogP) is 2.79. The molecular weight excluding hydrogens is 390 g/mol. The normalized spacial score (nSPS) is 11.0. The second-order valence-electron chi connectivity index (χ2n) is 7.04. The zero-order chi connectivity index (χ0) is 21.4. The maximum Gasteiger partial charge on any atom is 0.135 e. The number of rotatable bonds is 4. The summed E-state index contributed by atoms with van der Waals surface area (Å²) in [5.41, 5.74) is 11.0. The van der Waals surface area contributed by atoms with Crippen molar-refractivity contribution in [2.24, 2.45) is 7.05 Å². The summed E-state index contributed by atoms with van der Waals surface area (Å²) in [6, 6.07) is 13.2. The summed E-state index contributed by atoms with van der Waals surface area (Å²) in [6.07, 6.45) is 6.88. The van der Waals surface area contributed by atoms with Crippen LogP contribution in [-0.4, -0.2) is 34.5 Å². The lowest BCUT2D eigenvalue weighted by Gasteiger charge is -2.12. The number of aromatic nitrogens is 7. The van der Waals surface area contributed by atoms with Crippen LogP contribution in [-0.2, 0) is 13.6 Å². The number of nitrogens with zero attached hydrogens (tertiary/aromatic N) is 8. The third kappa shape index (κ3) is 3.26. The van der Waals surface area contributed by atoms with Crippen LogP contribution in [0.1, 0.15) is 11.3 Å². The highest BCUT2D eigenvalue weighted by atomic mass is 15.3. The van der Waals surface area contributed by atoms with Crippen LogP contribution in [0.2, 0.25) is 0 Å². The average molecular weight is 407 g/mol. The third-order valence-corrected chi connectivity index (χ3v) is 4.98. The standard InChI is InChI=1S/C22H17N9/c1-30-9-7-15(28-30)11-31-12-17-21(29-31)19(18-6-8-25-13-26-18)20(27-22(17)24)16-5-3-2-4-14(16)10-23/h2-9,12-13H,11H2,1H3,(H2,24,27). The van der Waals surface area contributed by atoms with Gasteiger partial charge in [0, 0.05) is 31.2 Å². The Morgan fingerprint density at radius 1 is 1.13 bits per heavy atom. The number of anilines is 1. The van der Waals surface area contributed by atoms with E-state index in [9.17, 15) is 5.26 Å². The third-order valence-electron chi connectivity index (χ3n) is 4.98. The Hall–Kier alpha value is -4.58. The van der Waals surface area contributed by atoms with Gasteiger partial charge in [-0.25, -0.2) is 15.0 Å². The smallest absolute Gasteiger partial charge is 0.135 e. The van der Waals surface area contributed by atoms with Crippen molar-refractivity contribution in [2.45, 2.75) is 6.54 Å². The van der Waals surface area contributed by atoms with Gasteiger partial charge in [0.1, 0.15) is 17.7 Å². The second kappa shape index (κ2) is 7.35. The first kappa shape index (κ1) is 18.4. The Morgan fingerprint density at radius 3 is 2.74 bits per heavy atom. The number of fused-ring (bicyclic) bond motifs is 1. The molecule has 31 heavy (non-hydrogen) atoms.